The van der Waals surface area contributed by atoms with E-state index < -0.39 is 9.71 Å². The summed E-state index contributed by atoms with van der Waals surface area (Å²) in [5.41, 5.74) is 0.347. The highest BCUT2D eigenvalue weighted by Gasteiger charge is 2.23. The maximum Gasteiger partial charge on any atom is 0.0246 e. The first-order chi connectivity index (χ1) is 6.68. The van der Waals surface area contributed by atoms with Crippen LogP contribution in [0.25, 0.3) is 0 Å². The maximum absolute atomic E-state index is 11.7. The normalized spacial score (nSPS) is 25.1. The molecule has 90 valence electrons. The third-order valence-electron chi connectivity index (χ3n) is 2.58. The Labute approximate surface area is 94.6 Å². The van der Waals surface area contributed by atoms with Gasteiger partial charge in [0.2, 0.25) is 0 Å². The lowest BCUT2D eigenvalue weighted by molar-refractivity contribution is 0.143. The second kappa shape index (κ2) is 4.44. The zero-order valence-corrected chi connectivity index (χ0v) is 11.3. The number of nitrogens with zero attached hydrogens (tertiary/aromatic N) is 2. The summed E-state index contributed by atoms with van der Waals surface area (Å²) in [7, 11) is -1.99. The number of hydrogen-bond donors (Lipinski definition) is 0. The van der Waals surface area contributed by atoms with Gasteiger partial charge in [0.1, 0.15) is 0 Å². The van der Waals surface area contributed by atoms with Crippen LogP contribution in [0.4, 0.5) is 0 Å². The predicted molar refractivity (Wildman–Crippen MR) is 68.7 cm³/mol. The molecule has 0 N–H and O–H groups in total. The van der Waals surface area contributed by atoms with Gasteiger partial charge in [0, 0.05) is 48.7 Å². The van der Waals surface area contributed by atoms with Crippen LogP contribution in [-0.2, 0) is 9.71 Å². The Bertz CT molecular complexity index is 295. The number of hydrogen-bond acceptors (Lipinski definition) is 2. The van der Waals surface area contributed by atoms with Crippen LogP contribution in [0, 0.1) is 5.41 Å². The Balaban J connectivity index is 2.43. The molecule has 0 aromatic heterocycles. The quantitative estimate of drug-likeness (QED) is 0.661. The van der Waals surface area contributed by atoms with Crippen LogP contribution < -0.4 is 0 Å². The molecule has 1 rings (SSSR count). The molecule has 0 aliphatic carbocycles. The topological polar surface area (TPSA) is 23.6 Å². The highest BCUT2D eigenvalue weighted by atomic mass is 32.2. The zero-order chi connectivity index (χ0) is 11.7. The largest absolute Gasteiger partial charge is 0.300 e. The number of piperazine rings is 1. The first-order valence-corrected chi connectivity index (χ1v) is 7.57. The van der Waals surface area contributed by atoms with Crippen LogP contribution in [0.3, 0.4) is 0 Å². The van der Waals surface area contributed by atoms with Crippen molar-refractivity contribution in [3.63, 3.8) is 0 Å². The molecule has 0 radical (unpaired) electrons. The molecule has 1 heterocycles. The van der Waals surface area contributed by atoms with E-state index in [-0.39, 0.29) is 0 Å². The van der Waals surface area contributed by atoms with Gasteiger partial charge in [-0.05, 0) is 11.3 Å². The minimum absolute atomic E-state index is 0.347. The fraction of sp³-hybridized carbons (Fsp3) is 0.909. The van der Waals surface area contributed by atoms with E-state index in [9.17, 15) is 4.21 Å². The second-order valence-corrected chi connectivity index (χ2v) is 8.16. The molecule has 0 amide bonds. The van der Waals surface area contributed by atoms with Gasteiger partial charge < -0.3 is 4.90 Å². The fourth-order valence-electron chi connectivity index (χ4n) is 1.94. The third-order valence-corrected chi connectivity index (χ3v) is 4.03. The van der Waals surface area contributed by atoms with Crippen LogP contribution in [-0.4, -0.2) is 58.3 Å². The molecule has 4 heteroatoms. The summed E-state index contributed by atoms with van der Waals surface area (Å²) >= 11 is 0. The standard InChI is InChI=1S/C11H24N2OS/c1-11(2,3)10-12-6-8-13(9-7-12)15(4,5)14/h4,6-10H2,1-3,5H3. The van der Waals surface area contributed by atoms with Crippen molar-refractivity contribution in [2.45, 2.75) is 20.8 Å². The van der Waals surface area contributed by atoms with Crippen LogP contribution >= 0.6 is 0 Å². The Morgan fingerprint density at radius 1 is 1.20 bits per heavy atom. The van der Waals surface area contributed by atoms with Crippen LogP contribution in [0.15, 0.2) is 0 Å². The number of rotatable bonds is 2. The smallest absolute Gasteiger partial charge is 0.0246 e. The lowest BCUT2D eigenvalue weighted by atomic mass is 9.96. The Morgan fingerprint density at radius 3 is 2.00 bits per heavy atom. The first-order valence-electron chi connectivity index (χ1n) is 5.48. The van der Waals surface area contributed by atoms with Crippen molar-refractivity contribution in [1.29, 1.82) is 0 Å². The Kier molecular flexibility index (Phi) is 3.85. The lowest BCUT2D eigenvalue weighted by Gasteiger charge is -2.38. The van der Waals surface area contributed by atoms with Crippen molar-refractivity contribution in [1.82, 2.24) is 9.21 Å². The highest BCUT2D eigenvalue weighted by molar-refractivity contribution is 7.97. The van der Waals surface area contributed by atoms with Crippen molar-refractivity contribution in [3.05, 3.63) is 0 Å². The summed E-state index contributed by atoms with van der Waals surface area (Å²) in [6.45, 7) is 11.7. The van der Waals surface area contributed by atoms with Crippen molar-refractivity contribution in [3.8, 4) is 0 Å². The summed E-state index contributed by atoms with van der Waals surface area (Å²) in [6, 6.07) is 0. The zero-order valence-electron chi connectivity index (χ0n) is 10.5. The molecule has 1 atom stereocenters. The van der Waals surface area contributed by atoms with Gasteiger partial charge in [0.25, 0.3) is 0 Å². The van der Waals surface area contributed by atoms with Crippen molar-refractivity contribution < 1.29 is 4.21 Å². The molecule has 1 saturated heterocycles. The maximum atomic E-state index is 11.7. The van der Waals surface area contributed by atoms with E-state index in [4.69, 9.17) is 0 Å². The monoisotopic (exact) mass is 232 g/mol. The predicted octanol–water partition coefficient (Wildman–Crippen LogP) is 0.911. The third kappa shape index (κ3) is 4.53. The Morgan fingerprint density at radius 2 is 1.67 bits per heavy atom. The van der Waals surface area contributed by atoms with Crippen LogP contribution in [0.5, 0.6) is 0 Å². The molecule has 0 aromatic rings. The first kappa shape index (κ1) is 13.0. The summed E-state index contributed by atoms with van der Waals surface area (Å²) in [5, 5.41) is 0. The van der Waals surface area contributed by atoms with Gasteiger partial charge in [-0.15, -0.1) is 0 Å². The highest BCUT2D eigenvalue weighted by Crippen LogP contribution is 2.16. The van der Waals surface area contributed by atoms with Crippen LogP contribution in [0.1, 0.15) is 20.8 Å². The average Bonchev–Trinajstić information content (AvgIpc) is 2.00. The van der Waals surface area contributed by atoms with E-state index in [1.807, 2.05) is 4.31 Å². The average molecular weight is 232 g/mol. The SMILES string of the molecule is C=S(C)(=O)N1CCN(CC(C)(C)C)CC1. The van der Waals surface area contributed by atoms with Crippen molar-refractivity contribution in [2.24, 2.45) is 5.41 Å². The molecule has 0 bridgehead atoms. The van der Waals surface area contributed by atoms with E-state index in [0.29, 0.717) is 5.41 Å². The van der Waals surface area contributed by atoms with E-state index >= 15 is 0 Å². The van der Waals surface area contributed by atoms with Gasteiger partial charge in [-0.25, -0.2) is 4.31 Å². The van der Waals surface area contributed by atoms with Gasteiger partial charge in [0.05, 0.1) is 0 Å². The summed E-state index contributed by atoms with van der Waals surface area (Å²) in [6.07, 6.45) is 1.73. The molecule has 15 heavy (non-hydrogen) atoms. The molecular weight excluding hydrogens is 208 g/mol. The van der Waals surface area contributed by atoms with Gasteiger partial charge in [-0.3, -0.25) is 4.21 Å². The molecule has 1 fully saturated rings. The molecular formula is C11H24N2OS. The van der Waals surface area contributed by atoms with E-state index in [1.165, 1.54) is 0 Å². The van der Waals surface area contributed by atoms with Crippen LogP contribution in [0.2, 0.25) is 0 Å². The molecule has 1 aliphatic rings. The van der Waals surface area contributed by atoms with Gasteiger partial charge in [0.15, 0.2) is 0 Å². The van der Waals surface area contributed by atoms with Crippen molar-refractivity contribution >= 4 is 15.6 Å². The summed E-state index contributed by atoms with van der Waals surface area (Å²) in [4.78, 5) is 2.45. The van der Waals surface area contributed by atoms with E-state index in [2.05, 4.69) is 31.5 Å². The minimum atomic E-state index is -1.99. The summed E-state index contributed by atoms with van der Waals surface area (Å²) in [5.74, 6) is 3.73. The molecule has 3 nitrogen and oxygen atoms in total. The van der Waals surface area contributed by atoms with E-state index in [1.54, 1.807) is 6.26 Å². The molecule has 1 aliphatic heterocycles. The lowest BCUT2D eigenvalue weighted by Crippen LogP contribution is -2.50. The second-order valence-electron chi connectivity index (χ2n) is 5.73. The minimum Gasteiger partial charge on any atom is -0.300 e. The van der Waals surface area contributed by atoms with Gasteiger partial charge in [-0.1, -0.05) is 20.8 Å². The fourth-order valence-corrected chi connectivity index (χ4v) is 2.88. The molecule has 0 saturated carbocycles. The summed E-state index contributed by atoms with van der Waals surface area (Å²) < 4.78 is 13.7. The molecule has 0 spiro atoms. The van der Waals surface area contributed by atoms with Crippen molar-refractivity contribution in [2.75, 3.05) is 39.0 Å². The molecule has 0 aromatic carbocycles. The van der Waals surface area contributed by atoms with Gasteiger partial charge >= 0.3 is 0 Å². The molecule has 1 unspecified atom stereocenters. The van der Waals surface area contributed by atoms with E-state index in [0.717, 1.165) is 32.7 Å². The Hall–Kier alpha value is -0.0600. The van der Waals surface area contributed by atoms with Gasteiger partial charge in [-0.2, -0.15) is 0 Å².